The van der Waals surface area contributed by atoms with E-state index in [1.54, 1.807) is 0 Å². The first kappa shape index (κ1) is 15.6. The van der Waals surface area contributed by atoms with E-state index in [1.165, 1.54) is 10.9 Å². The van der Waals surface area contributed by atoms with Gasteiger partial charge in [-0.3, -0.25) is 9.97 Å². The summed E-state index contributed by atoms with van der Waals surface area (Å²) in [4.78, 5) is 9.07. The van der Waals surface area contributed by atoms with Crippen molar-refractivity contribution in [1.29, 1.82) is 0 Å². The van der Waals surface area contributed by atoms with Gasteiger partial charge in [-0.05, 0) is 36.1 Å². The molecule has 1 unspecified atom stereocenters. The molecule has 0 bridgehead atoms. The number of nitrogens with one attached hydrogen (secondary N) is 1. The quantitative estimate of drug-likeness (QED) is 0.728. The van der Waals surface area contributed by atoms with Crippen LogP contribution in [0.2, 0.25) is 0 Å². The van der Waals surface area contributed by atoms with Crippen molar-refractivity contribution in [3.05, 3.63) is 72.2 Å². The third-order valence-electron chi connectivity index (χ3n) is 4.01. The fraction of sp³-hybridized carbons (Fsp3) is 0.300. The molecule has 2 heterocycles. The third kappa shape index (κ3) is 3.93. The van der Waals surface area contributed by atoms with E-state index < -0.39 is 0 Å². The Morgan fingerprint density at radius 3 is 2.52 bits per heavy atom. The number of nitrogens with zero attached hydrogens (tertiary/aromatic N) is 2. The monoisotopic (exact) mass is 305 g/mol. The van der Waals surface area contributed by atoms with Crippen LogP contribution >= 0.6 is 0 Å². The number of aromatic nitrogens is 2. The van der Waals surface area contributed by atoms with Crippen LogP contribution in [0, 0.1) is 5.92 Å². The molecule has 3 aromatic rings. The molecule has 0 fully saturated rings. The summed E-state index contributed by atoms with van der Waals surface area (Å²) in [6.07, 6.45) is 4.79. The number of hydrogen-bond donors (Lipinski definition) is 1. The molecule has 0 aliphatic carbocycles. The van der Waals surface area contributed by atoms with Gasteiger partial charge in [-0.1, -0.05) is 44.2 Å². The molecule has 0 aliphatic heterocycles. The van der Waals surface area contributed by atoms with E-state index in [9.17, 15) is 0 Å². The van der Waals surface area contributed by atoms with E-state index in [0.29, 0.717) is 5.92 Å². The minimum atomic E-state index is 0.259. The molecule has 0 spiro atoms. The molecule has 1 N–H and O–H groups in total. The van der Waals surface area contributed by atoms with Crippen LogP contribution in [0.15, 0.2) is 60.9 Å². The van der Waals surface area contributed by atoms with Crippen LogP contribution in [-0.4, -0.2) is 9.97 Å². The van der Waals surface area contributed by atoms with E-state index in [4.69, 9.17) is 0 Å². The average molecular weight is 305 g/mol. The molecule has 118 valence electrons. The van der Waals surface area contributed by atoms with Gasteiger partial charge in [-0.15, -0.1) is 0 Å². The number of fused-ring (bicyclic) bond motifs is 1. The zero-order valence-corrected chi connectivity index (χ0v) is 13.7. The van der Waals surface area contributed by atoms with Gasteiger partial charge in [0.15, 0.2) is 0 Å². The van der Waals surface area contributed by atoms with Crippen LogP contribution in [0.1, 0.15) is 37.6 Å². The van der Waals surface area contributed by atoms with Gasteiger partial charge in [0.1, 0.15) is 0 Å². The Balaban J connectivity index is 1.80. The highest BCUT2D eigenvalue weighted by Crippen LogP contribution is 2.21. The van der Waals surface area contributed by atoms with Gasteiger partial charge in [0.2, 0.25) is 0 Å². The maximum atomic E-state index is 4.54. The lowest BCUT2D eigenvalue weighted by atomic mass is 10.00. The summed E-state index contributed by atoms with van der Waals surface area (Å²) in [7, 11) is 0. The number of para-hydroxylation sites is 1. The molecule has 3 rings (SSSR count). The molecule has 0 saturated carbocycles. The Labute approximate surface area is 137 Å². The molecular formula is C20H23N3. The highest BCUT2D eigenvalue weighted by atomic mass is 14.9. The smallest absolute Gasteiger partial charge is 0.0746 e. The van der Waals surface area contributed by atoms with E-state index >= 15 is 0 Å². The first-order valence-corrected chi connectivity index (χ1v) is 8.21. The maximum absolute atomic E-state index is 4.54. The lowest BCUT2D eigenvalue weighted by Gasteiger charge is -2.20. The van der Waals surface area contributed by atoms with Gasteiger partial charge >= 0.3 is 0 Å². The Morgan fingerprint density at radius 2 is 1.74 bits per heavy atom. The fourth-order valence-electron chi connectivity index (χ4n) is 2.91. The van der Waals surface area contributed by atoms with Crippen LogP contribution < -0.4 is 5.32 Å². The SMILES string of the molecule is CC(C)CC(NCc1cccc2cccnc12)c1ccccn1. The first-order chi connectivity index (χ1) is 11.2. The predicted molar refractivity (Wildman–Crippen MR) is 95.0 cm³/mol. The third-order valence-corrected chi connectivity index (χ3v) is 4.01. The standard InChI is InChI=1S/C20H23N3/c1-15(2)13-19(18-10-3-4-11-21-18)23-14-17-8-5-7-16-9-6-12-22-20(16)17/h3-12,15,19,23H,13-14H2,1-2H3. The minimum Gasteiger partial charge on any atom is -0.304 e. The van der Waals surface area contributed by atoms with Crippen molar-refractivity contribution < 1.29 is 0 Å². The molecule has 2 aromatic heterocycles. The summed E-state index contributed by atoms with van der Waals surface area (Å²) >= 11 is 0. The van der Waals surface area contributed by atoms with Crippen LogP contribution in [0.4, 0.5) is 0 Å². The topological polar surface area (TPSA) is 37.8 Å². The number of pyridine rings is 2. The summed E-state index contributed by atoms with van der Waals surface area (Å²) in [6.45, 7) is 5.29. The zero-order chi connectivity index (χ0) is 16.1. The van der Waals surface area contributed by atoms with Crippen LogP contribution in [-0.2, 0) is 6.54 Å². The van der Waals surface area contributed by atoms with Crippen molar-refractivity contribution in [2.75, 3.05) is 0 Å². The maximum Gasteiger partial charge on any atom is 0.0746 e. The summed E-state index contributed by atoms with van der Waals surface area (Å²) in [5.41, 5.74) is 3.41. The van der Waals surface area contributed by atoms with Gasteiger partial charge in [-0.2, -0.15) is 0 Å². The fourth-order valence-corrected chi connectivity index (χ4v) is 2.91. The molecule has 0 saturated heterocycles. The van der Waals surface area contributed by atoms with E-state index in [0.717, 1.165) is 24.2 Å². The highest BCUT2D eigenvalue weighted by Gasteiger charge is 2.14. The van der Waals surface area contributed by atoms with E-state index in [-0.39, 0.29) is 6.04 Å². The van der Waals surface area contributed by atoms with Crippen LogP contribution in [0.25, 0.3) is 10.9 Å². The molecular weight excluding hydrogens is 282 g/mol. The predicted octanol–water partition coefficient (Wildman–Crippen LogP) is 4.51. The van der Waals surface area contributed by atoms with Crippen LogP contribution in [0.3, 0.4) is 0 Å². The lowest BCUT2D eigenvalue weighted by molar-refractivity contribution is 0.421. The van der Waals surface area contributed by atoms with E-state index in [2.05, 4.69) is 65.5 Å². The summed E-state index contributed by atoms with van der Waals surface area (Å²) < 4.78 is 0. The molecule has 0 aliphatic rings. The van der Waals surface area contributed by atoms with Crippen molar-refractivity contribution in [2.45, 2.75) is 32.9 Å². The van der Waals surface area contributed by atoms with Crippen molar-refractivity contribution in [3.8, 4) is 0 Å². The minimum absolute atomic E-state index is 0.259. The highest BCUT2D eigenvalue weighted by molar-refractivity contribution is 5.81. The van der Waals surface area contributed by atoms with Crippen molar-refractivity contribution in [2.24, 2.45) is 5.92 Å². The second-order valence-electron chi connectivity index (χ2n) is 6.31. The summed E-state index contributed by atoms with van der Waals surface area (Å²) in [5, 5.41) is 4.86. The van der Waals surface area contributed by atoms with Crippen molar-refractivity contribution in [1.82, 2.24) is 15.3 Å². The lowest BCUT2D eigenvalue weighted by Crippen LogP contribution is -2.23. The van der Waals surface area contributed by atoms with Gasteiger partial charge in [-0.25, -0.2) is 0 Å². The van der Waals surface area contributed by atoms with Gasteiger partial charge in [0.05, 0.1) is 11.2 Å². The number of hydrogen-bond acceptors (Lipinski definition) is 3. The van der Waals surface area contributed by atoms with Gasteiger partial charge < -0.3 is 5.32 Å². The summed E-state index contributed by atoms with van der Waals surface area (Å²) in [5.74, 6) is 0.611. The van der Waals surface area contributed by atoms with Crippen LogP contribution in [0.5, 0.6) is 0 Å². The first-order valence-electron chi connectivity index (χ1n) is 8.21. The average Bonchev–Trinajstić information content (AvgIpc) is 2.59. The Morgan fingerprint density at radius 1 is 0.913 bits per heavy atom. The van der Waals surface area contributed by atoms with Crippen molar-refractivity contribution >= 4 is 10.9 Å². The molecule has 0 amide bonds. The van der Waals surface area contributed by atoms with Gasteiger partial charge in [0.25, 0.3) is 0 Å². The molecule has 23 heavy (non-hydrogen) atoms. The molecule has 3 heteroatoms. The molecule has 1 atom stereocenters. The largest absolute Gasteiger partial charge is 0.304 e. The molecule has 0 radical (unpaired) electrons. The Kier molecular flexibility index (Phi) is 4.99. The number of rotatable bonds is 6. The van der Waals surface area contributed by atoms with E-state index in [1.807, 2.05) is 24.5 Å². The Bertz CT molecular complexity index is 748. The second kappa shape index (κ2) is 7.34. The van der Waals surface area contributed by atoms with Crippen molar-refractivity contribution in [3.63, 3.8) is 0 Å². The normalized spacial score (nSPS) is 12.7. The zero-order valence-electron chi connectivity index (χ0n) is 13.7. The second-order valence-corrected chi connectivity index (χ2v) is 6.31. The molecule has 3 nitrogen and oxygen atoms in total. The molecule has 1 aromatic carbocycles. The summed E-state index contributed by atoms with van der Waals surface area (Å²) in [6, 6.07) is 16.8. The van der Waals surface area contributed by atoms with Gasteiger partial charge in [0, 0.05) is 30.4 Å². The number of benzene rings is 1. The Hall–Kier alpha value is -2.26.